The Bertz CT molecular complexity index is 772. The van der Waals surface area contributed by atoms with E-state index in [0.29, 0.717) is 22.9 Å². The molecule has 1 aromatic carbocycles. The van der Waals surface area contributed by atoms with Gasteiger partial charge in [0.15, 0.2) is 5.76 Å². The summed E-state index contributed by atoms with van der Waals surface area (Å²) in [6.45, 7) is 4.25. The number of nitrogens with zero attached hydrogens (tertiary/aromatic N) is 2. The summed E-state index contributed by atoms with van der Waals surface area (Å²) in [5.74, 6) is 0.298. The number of halogens is 2. The second kappa shape index (κ2) is 7.25. The molecule has 1 aliphatic rings. The number of carbonyl (C=O) groups is 1. The number of piperidine rings is 1. The lowest BCUT2D eigenvalue weighted by atomic mass is 9.84. The summed E-state index contributed by atoms with van der Waals surface area (Å²) in [6, 6.07) is 7.15. The number of rotatable bonds is 3. The smallest absolute Gasteiger partial charge is 0.260 e. The lowest BCUT2D eigenvalue weighted by Crippen LogP contribution is -2.51. The lowest BCUT2D eigenvalue weighted by molar-refractivity contribution is -0.0191. The summed E-state index contributed by atoms with van der Waals surface area (Å²) in [6.07, 6.45) is 3.21. The maximum atomic E-state index is 13.1. The molecule has 1 aliphatic heterocycles. The predicted octanol–water partition coefficient (Wildman–Crippen LogP) is 4.38. The third-order valence-corrected chi connectivity index (χ3v) is 6.38. The topological polar surface area (TPSA) is 66.6 Å². The third-order valence-electron chi connectivity index (χ3n) is 4.60. The zero-order valence-corrected chi connectivity index (χ0v) is 17.0. The third kappa shape index (κ3) is 3.85. The number of carbonyl (C=O) groups excluding carboxylic acids is 1. The van der Waals surface area contributed by atoms with Gasteiger partial charge in [-0.3, -0.25) is 4.79 Å². The van der Waals surface area contributed by atoms with Gasteiger partial charge in [-0.15, -0.1) is 0 Å². The van der Waals surface area contributed by atoms with Gasteiger partial charge in [0, 0.05) is 23.0 Å². The van der Waals surface area contributed by atoms with Crippen molar-refractivity contribution in [2.45, 2.75) is 36.3 Å². The fourth-order valence-corrected chi connectivity index (χ4v) is 5.21. The first-order valence-corrected chi connectivity index (χ1v) is 9.79. The summed E-state index contributed by atoms with van der Waals surface area (Å²) in [5.41, 5.74) is 0.296. The maximum Gasteiger partial charge on any atom is 0.260 e. The number of benzene rings is 1. The van der Waals surface area contributed by atoms with Crippen LogP contribution in [0.5, 0.6) is 0 Å². The number of hydrogen-bond donors (Lipinski definition) is 1. The number of aliphatic hydroxyl groups is 1. The van der Waals surface area contributed by atoms with E-state index in [1.807, 2.05) is 6.07 Å². The average molecular weight is 475 g/mol. The summed E-state index contributed by atoms with van der Waals surface area (Å²) >= 11 is 8.30. The molecule has 0 radical (unpaired) electrons. The highest BCUT2D eigenvalue weighted by atomic mass is 127. The van der Waals surface area contributed by atoms with Crippen molar-refractivity contribution < 1.29 is 14.4 Å². The Labute approximate surface area is 165 Å². The molecule has 1 N–H and O–H groups in total. The number of likely N-dealkylation sites (tertiary alicyclic amines) is 1. The largest absolute Gasteiger partial charge is 0.390 e. The Morgan fingerprint density at radius 2 is 2.24 bits per heavy atom. The molecule has 2 heterocycles. The van der Waals surface area contributed by atoms with E-state index in [2.05, 4.69) is 27.7 Å². The summed E-state index contributed by atoms with van der Waals surface area (Å²) in [5, 5.41) is 14.8. The molecule has 1 saturated heterocycles. The fraction of sp³-hybridized carbons (Fsp3) is 0.444. The van der Waals surface area contributed by atoms with Crippen LogP contribution in [0.25, 0.3) is 11.3 Å². The molecule has 1 unspecified atom stereocenters. The van der Waals surface area contributed by atoms with Crippen LogP contribution in [0.4, 0.5) is 0 Å². The van der Waals surface area contributed by atoms with Gasteiger partial charge in [-0.05, 0) is 38.8 Å². The van der Waals surface area contributed by atoms with Crippen LogP contribution >= 0.6 is 34.2 Å². The maximum absolute atomic E-state index is 13.1. The van der Waals surface area contributed by atoms with Gasteiger partial charge in [0.1, 0.15) is 5.56 Å². The van der Waals surface area contributed by atoms with E-state index in [4.69, 9.17) is 16.1 Å². The molecule has 7 heteroatoms. The Morgan fingerprint density at radius 1 is 1.48 bits per heavy atom. The first-order chi connectivity index (χ1) is 11.8. The summed E-state index contributed by atoms with van der Waals surface area (Å²) in [4.78, 5) is 14.9. The predicted molar refractivity (Wildman–Crippen MR) is 105 cm³/mol. The molecule has 1 fully saturated rings. The zero-order valence-electron chi connectivity index (χ0n) is 14.1. The second-order valence-electron chi connectivity index (χ2n) is 6.85. The molecule has 0 spiro atoms. The Morgan fingerprint density at radius 3 is 2.92 bits per heavy atom. The van der Waals surface area contributed by atoms with Crippen molar-refractivity contribution >= 4 is 40.1 Å². The minimum atomic E-state index is -0.838. The van der Waals surface area contributed by atoms with Crippen molar-refractivity contribution in [1.29, 1.82) is 0 Å². The van der Waals surface area contributed by atoms with E-state index in [1.165, 1.54) is 6.20 Å². The van der Waals surface area contributed by atoms with Gasteiger partial charge in [0.2, 0.25) is 0 Å². The van der Waals surface area contributed by atoms with Gasteiger partial charge >= 0.3 is 0 Å². The molecule has 134 valence electrons. The normalized spacial score (nSPS) is 21.4. The van der Waals surface area contributed by atoms with Gasteiger partial charge in [0.25, 0.3) is 5.91 Å². The van der Waals surface area contributed by atoms with Crippen LogP contribution in [0.15, 0.2) is 35.0 Å². The van der Waals surface area contributed by atoms with Crippen molar-refractivity contribution in [1.82, 2.24) is 10.1 Å². The number of alkyl halides is 1. The minimum Gasteiger partial charge on any atom is -0.390 e. The van der Waals surface area contributed by atoms with Crippen molar-refractivity contribution in [3.8, 4) is 11.3 Å². The molecule has 0 aliphatic carbocycles. The van der Waals surface area contributed by atoms with Crippen molar-refractivity contribution in [2.75, 3.05) is 6.54 Å². The number of amides is 1. The molecular weight excluding hydrogens is 455 g/mol. The summed E-state index contributed by atoms with van der Waals surface area (Å²) in [7, 11) is 0. The molecule has 1 aromatic heterocycles. The van der Waals surface area contributed by atoms with E-state index in [-0.39, 0.29) is 15.9 Å². The number of aromatic nitrogens is 1. The van der Waals surface area contributed by atoms with Crippen LogP contribution in [0, 0.1) is 5.92 Å². The Hall–Kier alpha value is -1.12. The van der Waals surface area contributed by atoms with E-state index in [0.717, 1.165) is 18.4 Å². The fourth-order valence-electron chi connectivity index (χ4n) is 3.25. The highest BCUT2D eigenvalue weighted by molar-refractivity contribution is 14.1. The highest BCUT2D eigenvalue weighted by Crippen LogP contribution is 2.37. The standard InChI is InChI=1S/C18H20ClIN2O3/c1-18(2,24)14-7-4-8-22(16(14)20)17(23)13-10-21-25-15(13)11-5-3-6-12(19)9-11/h3,5-6,9-10,14,16,24H,4,7-8H2,1-2H3/t14-,16?/m1/s1. The molecular formula is C18H20ClIN2O3. The quantitative estimate of drug-likeness (QED) is 0.407. The van der Waals surface area contributed by atoms with Crippen LogP contribution in [-0.4, -0.2) is 37.3 Å². The molecule has 2 aromatic rings. The van der Waals surface area contributed by atoms with Gasteiger partial charge < -0.3 is 14.5 Å². The first-order valence-electron chi connectivity index (χ1n) is 8.17. The number of hydrogen-bond acceptors (Lipinski definition) is 4. The SMILES string of the molecule is CC(C)(O)[C@@H]1CCCN(C(=O)c2cnoc2-c2cccc(Cl)c2)C1I. The van der Waals surface area contributed by atoms with E-state index in [1.54, 1.807) is 36.9 Å². The van der Waals surface area contributed by atoms with Gasteiger partial charge in [0.05, 0.1) is 15.8 Å². The summed E-state index contributed by atoms with van der Waals surface area (Å²) < 4.78 is 5.24. The molecule has 3 rings (SSSR count). The van der Waals surface area contributed by atoms with Crippen LogP contribution in [0.2, 0.25) is 5.02 Å². The van der Waals surface area contributed by atoms with Gasteiger partial charge in [-0.25, -0.2) is 0 Å². The van der Waals surface area contributed by atoms with Crippen LogP contribution < -0.4 is 0 Å². The molecule has 2 atom stereocenters. The van der Waals surface area contributed by atoms with E-state index in [9.17, 15) is 9.90 Å². The molecule has 0 saturated carbocycles. The first kappa shape index (κ1) is 18.7. The van der Waals surface area contributed by atoms with Gasteiger partial charge in [-0.1, -0.05) is 51.5 Å². The van der Waals surface area contributed by atoms with E-state index < -0.39 is 5.60 Å². The minimum absolute atomic E-state index is 0.0141. The monoisotopic (exact) mass is 474 g/mol. The Kier molecular flexibility index (Phi) is 5.41. The lowest BCUT2D eigenvalue weighted by Gasteiger charge is -2.43. The molecule has 0 bridgehead atoms. The average Bonchev–Trinajstić information content (AvgIpc) is 3.03. The van der Waals surface area contributed by atoms with Crippen molar-refractivity contribution in [3.05, 3.63) is 41.0 Å². The molecule has 25 heavy (non-hydrogen) atoms. The second-order valence-corrected chi connectivity index (χ2v) is 8.57. The zero-order chi connectivity index (χ0) is 18.2. The molecule has 1 amide bonds. The van der Waals surface area contributed by atoms with Crippen molar-refractivity contribution in [2.24, 2.45) is 5.92 Å². The van der Waals surface area contributed by atoms with Crippen LogP contribution in [0.3, 0.4) is 0 Å². The Balaban J connectivity index is 1.91. The van der Waals surface area contributed by atoms with Crippen LogP contribution in [-0.2, 0) is 0 Å². The highest BCUT2D eigenvalue weighted by Gasteiger charge is 2.41. The van der Waals surface area contributed by atoms with Crippen molar-refractivity contribution in [3.63, 3.8) is 0 Å². The van der Waals surface area contributed by atoms with Crippen LogP contribution in [0.1, 0.15) is 37.0 Å². The molecule has 5 nitrogen and oxygen atoms in total. The van der Waals surface area contributed by atoms with E-state index >= 15 is 0 Å². The van der Waals surface area contributed by atoms with Gasteiger partial charge in [-0.2, -0.15) is 0 Å².